The summed E-state index contributed by atoms with van der Waals surface area (Å²) in [5.74, 6) is 1.29. The molecule has 7 nitrogen and oxygen atoms in total. The number of anilines is 2. The van der Waals surface area contributed by atoms with E-state index in [0.717, 1.165) is 44.8 Å². The van der Waals surface area contributed by atoms with Crippen molar-refractivity contribution in [1.82, 2.24) is 14.9 Å². The van der Waals surface area contributed by atoms with Gasteiger partial charge in [0.25, 0.3) is 5.91 Å². The van der Waals surface area contributed by atoms with Gasteiger partial charge in [0, 0.05) is 31.7 Å². The molecule has 144 valence electrons. The molecule has 0 radical (unpaired) electrons. The molecular formula is C20H27N5O2. The van der Waals surface area contributed by atoms with Gasteiger partial charge in [-0.2, -0.15) is 0 Å². The summed E-state index contributed by atoms with van der Waals surface area (Å²) in [5, 5.41) is 2.84. The molecule has 1 aromatic heterocycles. The standard InChI is InChI=1S/C20H27N5O2/c1-3-4-13-27-18-7-5-16(6-8-18)19(26)23-17-14-21-20(22-15-17)25-11-9-24(2)10-12-25/h5-8,14-15H,3-4,9-13H2,1-2H3,(H,23,26). The highest BCUT2D eigenvalue weighted by Crippen LogP contribution is 2.16. The Hall–Kier alpha value is -2.67. The third-order valence-corrected chi connectivity index (χ3v) is 4.57. The van der Waals surface area contributed by atoms with Gasteiger partial charge in [-0.25, -0.2) is 9.97 Å². The molecule has 1 aliphatic rings. The zero-order valence-electron chi connectivity index (χ0n) is 16.0. The molecule has 3 rings (SSSR count). The predicted octanol–water partition coefficient (Wildman–Crippen LogP) is 2.66. The number of nitrogens with one attached hydrogen (secondary N) is 1. The quantitative estimate of drug-likeness (QED) is 0.757. The lowest BCUT2D eigenvalue weighted by Gasteiger charge is -2.32. The van der Waals surface area contributed by atoms with Gasteiger partial charge in [-0.1, -0.05) is 13.3 Å². The molecule has 0 aliphatic carbocycles. The molecule has 2 aromatic rings. The molecule has 0 atom stereocenters. The van der Waals surface area contributed by atoms with Crippen LogP contribution >= 0.6 is 0 Å². The Morgan fingerprint density at radius 1 is 1.11 bits per heavy atom. The highest BCUT2D eigenvalue weighted by atomic mass is 16.5. The van der Waals surface area contributed by atoms with Crippen molar-refractivity contribution in [2.24, 2.45) is 0 Å². The summed E-state index contributed by atoms with van der Waals surface area (Å²) in [5.41, 5.74) is 1.15. The number of piperazine rings is 1. The molecule has 1 amide bonds. The van der Waals surface area contributed by atoms with Crippen LogP contribution in [0.4, 0.5) is 11.6 Å². The van der Waals surface area contributed by atoms with Crippen molar-refractivity contribution in [2.45, 2.75) is 19.8 Å². The van der Waals surface area contributed by atoms with Gasteiger partial charge >= 0.3 is 0 Å². The molecule has 1 saturated heterocycles. The first-order chi connectivity index (χ1) is 13.2. The molecule has 1 aromatic carbocycles. The molecule has 0 saturated carbocycles. The predicted molar refractivity (Wildman–Crippen MR) is 107 cm³/mol. The summed E-state index contributed by atoms with van der Waals surface area (Å²) < 4.78 is 5.62. The summed E-state index contributed by atoms with van der Waals surface area (Å²) in [4.78, 5) is 25.6. The minimum Gasteiger partial charge on any atom is -0.494 e. The van der Waals surface area contributed by atoms with E-state index in [-0.39, 0.29) is 5.91 Å². The molecular weight excluding hydrogens is 342 g/mol. The lowest BCUT2D eigenvalue weighted by atomic mass is 10.2. The number of likely N-dealkylation sites (N-methyl/N-ethyl adjacent to an activating group) is 1. The fourth-order valence-electron chi connectivity index (χ4n) is 2.80. The number of carbonyl (C=O) groups is 1. The van der Waals surface area contributed by atoms with E-state index in [9.17, 15) is 4.79 Å². The van der Waals surface area contributed by atoms with Crippen LogP contribution in [0.3, 0.4) is 0 Å². The van der Waals surface area contributed by atoms with Crippen LogP contribution in [0.25, 0.3) is 0 Å². The number of benzene rings is 1. The van der Waals surface area contributed by atoms with Gasteiger partial charge in [-0.05, 0) is 37.7 Å². The van der Waals surface area contributed by atoms with Crippen LogP contribution < -0.4 is 15.0 Å². The van der Waals surface area contributed by atoms with Crippen LogP contribution in [0.5, 0.6) is 5.75 Å². The fourth-order valence-corrected chi connectivity index (χ4v) is 2.80. The Bertz CT molecular complexity index is 725. The first-order valence-corrected chi connectivity index (χ1v) is 9.45. The molecule has 0 unspecified atom stereocenters. The van der Waals surface area contributed by atoms with Crippen molar-refractivity contribution < 1.29 is 9.53 Å². The highest BCUT2D eigenvalue weighted by molar-refractivity contribution is 6.04. The number of carbonyl (C=O) groups excluding carboxylic acids is 1. The van der Waals surface area contributed by atoms with Crippen molar-refractivity contribution >= 4 is 17.5 Å². The average molecular weight is 369 g/mol. The molecule has 1 aliphatic heterocycles. The number of unbranched alkanes of at least 4 members (excludes halogenated alkanes) is 1. The number of amides is 1. The van der Waals surface area contributed by atoms with Gasteiger partial charge in [0.15, 0.2) is 0 Å². The molecule has 0 spiro atoms. The van der Waals surface area contributed by atoms with E-state index in [1.807, 2.05) is 12.1 Å². The van der Waals surface area contributed by atoms with Crippen molar-refractivity contribution in [2.75, 3.05) is 50.1 Å². The number of aromatic nitrogens is 2. The van der Waals surface area contributed by atoms with Crippen molar-refractivity contribution in [3.05, 3.63) is 42.2 Å². The number of ether oxygens (including phenoxy) is 1. The number of hydrogen-bond acceptors (Lipinski definition) is 6. The Balaban J connectivity index is 1.54. The average Bonchev–Trinajstić information content (AvgIpc) is 2.70. The maximum absolute atomic E-state index is 12.4. The van der Waals surface area contributed by atoms with Gasteiger partial charge in [0.2, 0.25) is 5.95 Å². The second-order valence-corrected chi connectivity index (χ2v) is 6.74. The fraction of sp³-hybridized carbons (Fsp3) is 0.450. The van der Waals surface area contributed by atoms with Crippen LogP contribution in [0.1, 0.15) is 30.1 Å². The van der Waals surface area contributed by atoms with E-state index >= 15 is 0 Å². The molecule has 1 N–H and O–H groups in total. The Morgan fingerprint density at radius 3 is 2.41 bits per heavy atom. The van der Waals surface area contributed by atoms with Gasteiger partial charge < -0.3 is 19.9 Å². The molecule has 7 heteroatoms. The largest absolute Gasteiger partial charge is 0.494 e. The minimum atomic E-state index is -0.189. The Kier molecular flexibility index (Phi) is 6.59. The Morgan fingerprint density at radius 2 is 1.78 bits per heavy atom. The number of rotatable bonds is 7. The van der Waals surface area contributed by atoms with Crippen LogP contribution in [0.15, 0.2) is 36.7 Å². The summed E-state index contributed by atoms with van der Waals surface area (Å²) >= 11 is 0. The van der Waals surface area contributed by atoms with Gasteiger partial charge in [0.05, 0.1) is 24.7 Å². The molecule has 0 bridgehead atoms. The first-order valence-electron chi connectivity index (χ1n) is 9.45. The first kappa shape index (κ1) is 19.1. The van der Waals surface area contributed by atoms with E-state index in [1.165, 1.54) is 0 Å². The summed E-state index contributed by atoms with van der Waals surface area (Å²) in [6.07, 6.45) is 5.42. The van der Waals surface area contributed by atoms with E-state index in [2.05, 4.69) is 39.1 Å². The van der Waals surface area contributed by atoms with E-state index in [0.29, 0.717) is 23.8 Å². The molecule has 1 fully saturated rings. The second-order valence-electron chi connectivity index (χ2n) is 6.74. The third kappa shape index (κ3) is 5.40. The molecule has 2 heterocycles. The van der Waals surface area contributed by atoms with E-state index in [1.54, 1.807) is 24.5 Å². The topological polar surface area (TPSA) is 70.6 Å². The van der Waals surface area contributed by atoms with E-state index in [4.69, 9.17) is 4.74 Å². The van der Waals surface area contributed by atoms with Crippen LogP contribution in [-0.2, 0) is 0 Å². The van der Waals surface area contributed by atoms with Crippen LogP contribution in [0, 0.1) is 0 Å². The van der Waals surface area contributed by atoms with Crippen molar-refractivity contribution in [1.29, 1.82) is 0 Å². The number of nitrogens with zero attached hydrogens (tertiary/aromatic N) is 4. The lowest BCUT2D eigenvalue weighted by molar-refractivity contribution is 0.102. The van der Waals surface area contributed by atoms with Gasteiger partial charge in [-0.15, -0.1) is 0 Å². The second kappa shape index (κ2) is 9.32. The summed E-state index contributed by atoms with van der Waals surface area (Å²) in [7, 11) is 2.11. The zero-order valence-corrected chi connectivity index (χ0v) is 16.0. The normalized spacial score (nSPS) is 14.8. The third-order valence-electron chi connectivity index (χ3n) is 4.57. The van der Waals surface area contributed by atoms with E-state index < -0.39 is 0 Å². The lowest BCUT2D eigenvalue weighted by Crippen LogP contribution is -2.45. The smallest absolute Gasteiger partial charge is 0.255 e. The summed E-state index contributed by atoms with van der Waals surface area (Å²) in [6.45, 7) is 6.64. The molecule has 27 heavy (non-hydrogen) atoms. The highest BCUT2D eigenvalue weighted by Gasteiger charge is 2.16. The maximum Gasteiger partial charge on any atom is 0.255 e. The maximum atomic E-state index is 12.4. The monoisotopic (exact) mass is 369 g/mol. The SMILES string of the molecule is CCCCOc1ccc(C(=O)Nc2cnc(N3CCN(C)CC3)nc2)cc1. The Labute approximate surface area is 160 Å². The van der Waals surface area contributed by atoms with Crippen LogP contribution in [-0.4, -0.2) is 60.6 Å². The van der Waals surface area contributed by atoms with Gasteiger partial charge in [-0.3, -0.25) is 4.79 Å². The number of hydrogen-bond donors (Lipinski definition) is 1. The van der Waals surface area contributed by atoms with Crippen molar-refractivity contribution in [3.8, 4) is 5.75 Å². The minimum absolute atomic E-state index is 0.189. The summed E-state index contributed by atoms with van der Waals surface area (Å²) in [6, 6.07) is 7.15. The van der Waals surface area contributed by atoms with Crippen molar-refractivity contribution in [3.63, 3.8) is 0 Å². The van der Waals surface area contributed by atoms with Gasteiger partial charge in [0.1, 0.15) is 5.75 Å². The zero-order chi connectivity index (χ0) is 19.1. The van der Waals surface area contributed by atoms with Crippen LogP contribution in [0.2, 0.25) is 0 Å².